The summed E-state index contributed by atoms with van der Waals surface area (Å²) in [5, 5.41) is 12.1. The monoisotopic (exact) mass is 445 g/mol. The van der Waals surface area contributed by atoms with Gasteiger partial charge in [0, 0.05) is 30.3 Å². The van der Waals surface area contributed by atoms with E-state index >= 15 is 0 Å². The van der Waals surface area contributed by atoms with Crippen molar-refractivity contribution in [1.29, 1.82) is 5.26 Å². The summed E-state index contributed by atoms with van der Waals surface area (Å²) in [6.45, 7) is 1.79. The van der Waals surface area contributed by atoms with Crippen molar-refractivity contribution in [3.05, 3.63) is 58.6 Å². The number of piperidine rings is 1. The highest BCUT2D eigenvalue weighted by molar-refractivity contribution is 7.89. The van der Waals surface area contributed by atoms with Crippen LogP contribution in [0.25, 0.3) is 0 Å². The molecule has 1 saturated heterocycles. The number of hydrogen-bond acceptors (Lipinski definition) is 5. The fraction of sp³-hybridized carbons (Fsp3) is 0.286. The van der Waals surface area contributed by atoms with E-state index < -0.39 is 10.0 Å². The fourth-order valence-electron chi connectivity index (χ4n) is 3.32. The van der Waals surface area contributed by atoms with Crippen molar-refractivity contribution in [2.45, 2.75) is 24.7 Å². The normalized spacial score (nSPS) is 15.4. The van der Waals surface area contributed by atoms with Gasteiger partial charge in [0.15, 0.2) is 5.78 Å². The van der Waals surface area contributed by atoms with Gasteiger partial charge in [-0.2, -0.15) is 9.57 Å². The van der Waals surface area contributed by atoms with E-state index in [1.54, 1.807) is 24.3 Å². The van der Waals surface area contributed by atoms with E-state index in [1.807, 2.05) is 6.07 Å². The summed E-state index contributed by atoms with van der Waals surface area (Å²) in [6.07, 6.45) is 0.742. The molecule has 1 N–H and O–H groups in total. The van der Waals surface area contributed by atoms with Crippen molar-refractivity contribution in [2.75, 3.05) is 18.4 Å². The molecule has 0 aromatic heterocycles. The number of Topliss-reactive ketones (excluding diaryl/α,β-unsaturated/α-hetero) is 1. The smallest absolute Gasteiger partial charge is 0.243 e. The van der Waals surface area contributed by atoms with E-state index in [-0.39, 0.29) is 41.2 Å². The zero-order valence-corrected chi connectivity index (χ0v) is 17.8. The molecule has 1 aliphatic heterocycles. The molecule has 9 heteroatoms. The summed E-state index contributed by atoms with van der Waals surface area (Å²) in [6, 6.07) is 12.6. The third-order valence-corrected chi connectivity index (χ3v) is 7.28. The van der Waals surface area contributed by atoms with Gasteiger partial charge in [0.2, 0.25) is 15.9 Å². The van der Waals surface area contributed by atoms with Gasteiger partial charge in [-0.1, -0.05) is 23.7 Å². The van der Waals surface area contributed by atoms with Crippen LogP contribution in [0.4, 0.5) is 5.69 Å². The second-order valence-corrected chi connectivity index (χ2v) is 9.40. The maximum atomic E-state index is 12.9. The minimum Gasteiger partial charge on any atom is -0.326 e. The second kappa shape index (κ2) is 8.96. The van der Waals surface area contributed by atoms with Crippen LogP contribution in [-0.2, 0) is 14.8 Å². The van der Waals surface area contributed by atoms with E-state index in [0.717, 1.165) is 0 Å². The Kier molecular flexibility index (Phi) is 6.56. The summed E-state index contributed by atoms with van der Waals surface area (Å²) in [7, 11) is -3.74. The molecule has 0 radical (unpaired) electrons. The Balaban J connectivity index is 1.65. The maximum Gasteiger partial charge on any atom is 0.243 e. The number of anilines is 1. The highest BCUT2D eigenvalue weighted by Gasteiger charge is 2.32. The first kappa shape index (κ1) is 22.0. The van der Waals surface area contributed by atoms with Crippen molar-refractivity contribution >= 4 is 39.0 Å². The van der Waals surface area contributed by atoms with Crippen LogP contribution in [0.5, 0.6) is 0 Å². The lowest BCUT2D eigenvalue weighted by molar-refractivity contribution is -0.120. The number of rotatable bonds is 5. The highest BCUT2D eigenvalue weighted by atomic mass is 35.5. The predicted molar refractivity (Wildman–Crippen MR) is 113 cm³/mol. The van der Waals surface area contributed by atoms with Crippen molar-refractivity contribution in [1.82, 2.24) is 4.31 Å². The lowest BCUT2D eigenvalue weighted by Crippen LogP contribution is -2.41. The van der Waals surface area contributed by atoms with Gasteiger partial charge in [0.05, 0.1) is 15.5 Å². The number of halogens is 1. The molecule has 1 fully saturated rings. The van der Waals surface area contributed by atoms with Gasteiger partial charge in [0.1, 0.15) is 6.07 Å². The number of nitrogens with zero attached hydrogens (tertiary/aromatic N) is 2. The largest absolute Gasteiger partial charge is 0.326 e. The van der Waals surface area contributed by atoms with Crippen LogP contribution in [0.1, 0.15) is 35.7 Å². The number of sulfonamides is 1. The van der Waals surface area contributed by atoms with Crippen LogP contribution in [0.3, 0.4) is 0 Å². The molecule has 1 heterocycles. The minimum atomic E-state index is -3.74. The molecule has 0 bridgehead atoms. The Bertz CT molecular complexity index is 1130. The maximum absolute atomic E-state index is 12.9. The quantitative estimate of drug-likeness (QED) is 0.709. The predicted octanol–water partition coefficient (Wildman–Crippen LogP) is 3.45. The Morgan fingerprint density at radius 1 is 1.17 bits per heavy atom. The lowest BCUT2D eigenvalue weighted by Gasteiger charge is -2.30. The van der Waals surface area contributed by atoms with Crippen LogP contribution in [0.2, 0.25) is 5.02 Å². The molecular formula is C21H20ClN3O4S. The van der Waals surface area contributed by atoms with E-state index in [2.05, 4.69) is 5.32 Å². The second-order valence-electron chi connectivity index (χ2n) is 7.06. The van der Waals surface area contributed by atoms with Gasteiger partial charge in [-0.05, 0) is 50.1 Å². The first-order valence-electron chi connectivity index (χ1n) is 9.34. The average Bonchev–Trinajstić information content (AvgIpc) is 2.75. The van der Waals surface area contributed by atoms with Gasteiger partial charge >= 0.3 is 0 Å². The third-order valence-electron chi connectivity index (χ3n) is 5.06. The molecule has 0 atom stereocenters. The van der Waals surface area contributed by atoms with E-state index in [0.29, 0.717) is 29.1 Å². The molecule has 2 aromatic rings. The molecule has 3 rings (SSSR count). The van der Waals surface area contributed by atoms with Gasteiger partial charge in [0.25, 0.3) is 0 Å². The number of nitriles is 1. The lowest BCUT2D eigenvalue weighted by atomic mass is 9.97. The van der Waals surface area contributed by atoms with Crippen LogP contribution >= 0.6 is 11.6 Å². The van der Waals surface area contributed by atoms with Crippen LogP contribution in [0.15, 0.2) is 47.4 Å². The van der Waals surface area contributed by atoms with E-state index in [9.17, 15) is 18.0 Å². The molecule has 2 aromatic carbocycles. The Morgan fingerprint density at radius 2 is 1.87 bits per heavy atom. The van der Waals surface area contributed by atoms with Crippen LogP contribution in [0, 0.1) is 17.2 Å². The molecule has 0 unspecified atom stereocenters. The third kappa shape index (κ3) is 4.70. The average molecular weight is 446 g/mol. The van der Waals surface area contributed by atoms with E-state index in [4.69, 9.17) is 16.9 Å². The number of benzene rings is 2. The standard InChI is InChI=1S/C21H20ClN3O4S/c1-14(26)16-3-2-4-19(12-16)30(28,29)25-9-7-15(8-10-25)21(27)24-18-5-6-20(22)17(11-18)13-23/h2-6,11-12,15H,7-10H2,1H3,(H,24,27). The molecule has 1 aliphatic rings. The zero-order valence-electron chi connectivity index (χ0n) is 16.3. The summed E-state index contributed by atoms with van der Waals surface area (Å²) in [4.78, 5) is 24.2. The van der Waals surface area contributed by atoms with Gasteiger partial charge < -0.3 is 5.32 Å². The number of amides is 1. The van der Waals surface area contributed by atoms with Crippen LogP contribution in [-0.4, -0.2) is 37.5 Å². The van der Waals surface area contributed by atoms with Crippen molar-refractivity contribution in [2.24, 2.45) is 5.92 Å². The zero-order chi connectivity index (χ0) is 21.9. The number of ketones is 1. The van der Waals surface area contributed by atoms with Crippen molar-refractivity contribution in [3.8, 4) is 6.07 Å². The molecule has 30 heavy (non-hydrogen) atoms. The minimum absolute atomic E-state index is 0.0725. The summed E-state index contributed by atoms with van der Waals surface area (Å²) in [5.74, 6) is -0.776. The van der Waals surface area contributed by atoms with Gasteiger partial charge in [-0.15, -0.1) is 0 Å². The molecular weight excluding hydrogens is 426 g/mol. The topological polar surface area (TPSA) is 107 Å². The van der Waals surface area contributed by atoms with Crippen LogP contribution < -0.4 is 5.32 Å². The van der Waals surface area contributed by atoms with Crippen molar-refractivity contribution in [3.63, 3.8) is 0 Å². The summed E-state index contributed by atoms with van der Waals surface area (Å²) >= 11 is 5.90. The van der Waals surface area contributed by atoms with Crippen molar-refractivity contribution < 1.29 is 18.0 Å². The number of nitrogens with one attached hydrogen (secondary N) is 1. The summed E-state index contributed by atoms with van der Waals surface area (Å²) in [5.41, 5.74) is 1.07. The highest BCUT2D eigenvalue weighted by Crippen LogP contribution is 2.26. The molecule has 7 nitrogen and oxygen atoms in total. The molecule has 0 spiro atoms. The molecule has 0 aliphatic carbocycles. The number of hydrogen-bond donors (Lipinski definition) is 1. The Hall–Kier alpha value is -2.73. The Labute approximate surface area is 180 Å². The molecule has 1 amide bonds. The number of carbonyl (C=O) groups is 2. The number of carbonyl (C=O) groups excluding carboxylic acids is 2. The first-order valence-corrected chi connectivity index (χ1v) is 11.2. The van der Waals surface area contributed by atoms with Gasteiger partial charge in [-0.25, -0.2) is 8.42 Å². The fourth-order valence-corrected chi connectivity index (χ4v) is 4.99. The van der Waals surface area contributed by atoms with E-state index in [1.165, 1.54) is 29.4 Å². The first-order chi connectivity index (χ1) is 14.2. The SMILES string of the molecule is CC(=O)c1cccc(S(=O)(=O)N2CCC(C(=O)Nc3ccc(Cl)c(C#N)c3)CC2)c1. The molecule has 156 valence electrons. The summed E-state index contributed by atoms with van der Waals surface area (Å²) < 4.78 is 27.1. The Morgan fingerprint density at radius 3 is 2.50 bits per heavy atom. The van der Waals surface area contributed by atoms with Gasteiger partial charge in [-0.3, -0.25) is 9.59 Å². The molecule has 0 saturated carbocycles.